The molecule has 0 saturated carbocycles. The summed E-state index contributed by atoms with van der Waals surface area (Å²) in [5, 5.41) is 12.0. The SMILES string of the molecule is CC1CCC(CC(=O)Nc2cccc(CO/N=C(\C(=N\N)N(C)N)c3ccccc3)n2)O1. The maximum atomic E-state index is 12.3. The van der Waals surface area contributed by atoms with Gasteiger partial charge in [-0.05, 0) is 31.9 Å². The standard InChI is InChI=1S/C22H29N7O3/c1-15-11-12-18(32-15)13-20(30)26-19-10-6-9-17(25-19)14-31-28-21(22(27-23)29(2)24)16-7-4-3-5-8-16/h3-10,15,18H,11-14,23-24H2,1-2H3,(H,25,26,30)/b27-22-,28-21-. The Morgan fingerprint density at radius 2 is 2.03 bits per heavy atom. The number of benzene rings is 1. The number of ether oxygens (including phenoxy) is 1. The smallest absolute Gasteiger partial charge is 0.228 e. The Balaban J connectivity index is 1.64. The van der Waals surface area contributed by atoms with E-state index < -0.39 is 0 Å². The first-order valence-electron chi connectivity index (χ1n) is 10.4. The fraction of sp³-hybridized carbons (Fsp3) is 0.364. The van der Waals surface area contributed by atoms with E-state index in [1.165, 1.54) is 5.01 Å². The topological polar surface area (TPSA) is 140 Å². The normalized spacial score (nSPS) is 19.0. The van der Waals surface area contributed by atoms with Crippen molar-refractivity contribution in [2.75, 3.05) is 12.4 Å². The van der Waals surface area contributed by atoms with E-state index in [-0.39, 0.29) is 30.6 Å². The summed E-state index contributed by atoms with van der Waals surface area (Å²) in [5.74, 6) is 11.9. The second-order valence-corrected chi connectivity index (χ2v) is 7.56. The first kappa shape index (κ1) is 23.2. The lowest BCUT2D eigenvalue weighted by molar-refractivity contribution is -0.118. The fourth-order valence-electron chi connectivity index (χ4n) is 3.37. The monoisotopic (exact) mass is 439 g/mol. The van der Waals surface area contributed by atoms with Crippen LogP contribution in [0.3, 0.4) is 0 Å². The third-order valence-electron chi connectivity index (χ3n) is 4.89. The van der Waals surface area contributed by atoms with Gasteiger partial charge >= 0.3 is 0 Å². The summed E-state index contributed by atoms with van der Waals surface area (Å²) in [4.78, 5) is 22.2. The predicted octanol–water partition coefficient (Wildman–Crippen LogP) is 1.98. The van der Waals surface area contributed by atoms with Crippen LogP contribution in [0, 0.1) is 0 Å². The second kappa shape index (κ2) is 11.2. The molecule has 5 N–H and O–H groups in total. The van der Waals surface area contributed by atoms with Gasteiger partial charge in [-0.1, -0.05) is 41.6 Å². The van der Waals surface area contributed by atoms with Crippen LogP contribution in [0.25, 0.3) is 0 Å². The zero-order chi connectivity index (χ0) is 22.9. The molecule has 0 spiro atoms. The molecule has 10 heteroatoms. The second-order valence-electron chi connectivity index (χ2n) is 7.56. The number of amides is 1. The molecular formula is C22H29N7O3. The van der Waals surface area contributed by atoms with Gasteiger partial charge < -0.3 is 20.7 Å². The van der Waals surface area contributed by atoms with Gasteiger partial charge in [-0.2, -0.15) is 5.10 Å². The predicted molar refractivity (Wildman–Crippen MR) is 122 cm³/mol. The highest BCUT2D eigenvalue weighted by atomic mass is 16.6. The molecule has 1 fully saturated rings. The van der Waals surface area contributed by atoms with E-state index in [1.54, 1.807) is 25.2 Å². The molecule has 1 aliphatic rings. The molecule has 170 valence electrons. The Labute approximate surface area is 187 Å². The van der Waals surface area contributed by atoms with Gasteiger partial charge in [-0.15, -0.1) is 0 Å². The molecule has 1 saturated heterocycles. The van der Waals surface area contributed by atoms with Crippen molar-refractivity contribution in [1.82, 2.24) is 9.99 Å². The highest BCUT2D eigenvalue weighted by Gasteiger charge is 2.24. The summed E-state index contributed by atoms with van der Waals surface area (Å²) < 4.78 is 5.70. The zero-order valence-corrected chi connectivity index (χ0v) is 18.3. The number of hydrogen-bond donors (Lipinski definition) is 3. The van der Waals surface area contributed by atoms with Crippen LogP contribution in [0.1, 0.15) is 37.4 Å². The van der Waals surface area contributed by atoms with E-state index in [2.05, 4.69) is 20.6 Å². The Kier molecular flexibility index (Phi) is 8.12. The molecule has 3 rings (SSSR count). The first-order chi connectivity index (χ1) is 15.5. The molecular weight excluding hydrogens is 410 g/mol. The van der Waals surface area contributed by atoms with Gasteiger partial charge in [-0.3, -0.25) is 9.80 Å². The number of nitrogens with zero attached hydrogens (tertiary/aromatic N) is 4. The van der Waals surface area contributed by atoms with Crippen molar-refractivity contribution in [2.24, 2.45) is 21.9 Å². The van der Waals surface area contributed by atoms with Gasteiger partial charge in [0.15, 0.2) is 18.2 Å². The molecule has 1 aromatic carbocycles. The first-order valence-corrected chi connectivity index (χ1v) is 10.4. The van der Waals surface area contributed by atoms with Gasteiger partial charge in [-0.25, -0.2) is 10.8 Å². The van der Waals surface area contributed by atoms with Crippen LogP contribution in [0.4, 0.5) is 5.82 Å². The Morgan fingerprint density at radius 3 is 2.69 bits per heavy atom. The highest BCUT2D eigenvalue weighted by Crippen LogP contribution is 2.22. The summed E-state index contributed by atoms with van der Waals surface area (Å²) in [6.07, 6.45) is 2.35. The van der Waals surface area contributed by atoms with Crippen molar-refractivity contribution in [3.05, 3.63) is 59.8 Å². The number of hydrazine groups is 1. The maximum absolute atomic E-state index is 12.3. The van der Waals surface area contributed by atoms with Gasteiger partial charge in [0.1, 0.15) is 5.82 Å². The summed E-state index contributed by atoms with van der Waals surface area (Å²) in [5.41, 5.74) is 1.72. The summed E-state index contributed by atoms with van der Waals surface area (Å²) in [6, 6.07) is 14.6. The number of likely N-dealkylation sites (N-methyl/N-ethyl adjacent to an activating group) is 1. The minimum absolute atomic E-state index is 0.0404. The molecule has 32 heavy (non-hydrogen) atoms. The van der Waals surface area contributed by atoms with Crippen molar-refractivity contribution in [3.8, 4) is 0 Å². The van der Waals surface area contributed by atoms with E-state index in [0.29, 0.717) is 23.6 Å². The van der Waals surface area contributed by atoms with Crippen molar-refractivity contribution < 1.29 is 14.4 Å². The molecule has 1 aromatic heterocycles. The number of pyridine rings is 1. The Morgan fingerprint density at radius 1 is 1.25 bits per heavy atom. The average molecular weight is 440 g/mol. The molecule has 10 nitrogen and oxygen atoms in total. The van der Waals surface area contributed by atoms with Crippen LogP contribution >= 0.6 is 0 Å². The van der Waals surface area contributed by atoms with E-state index in [4.69, 9.17) is 21.3 Å². The van der Waals surface area contributed by atoms with E-state index in [1.807, 2.05) is 37.3 Å². The fourth-order valence-corrected chi connectivity index (χ4v) is 3.37. The maximum Gasteiger partial charge on any atom is 0.228 e. The molecule has 2 aromatic rings. The molecule has 0 radical (unpaired) electrons. The molecule has 2 heterocycles. The number of carbonyl (C=O) groups is 1. The number of oxime groups is 1. The average Bonchev–Trinajstić information content (AvgIpc) is 3.18. The quantitative estimate of drug-likeness (QED) is 0.247. The number of nitrogens with one attached hydrogen (secondary N) is 1. The van der Waals surface area contributed by atoms with Crippen LogP contribution in [0.2, 0.25) is 0 Å². The van der Waals surface area contributed by atoms with Gasteiger partial charge in [0, 0.05) is 12.6 Å². The van der Waals surface area contributed by atoms with E-state index >= 15 is 0 Å². The third kappa shape index (κ3) is 6.50. The molecule has 1 aliphatic heterocycles. The van der Waals surface area contributed by atoms with Crippen LogP contribution in [-0.4, -0.2) is 46.7 Å². The largest absolute Gasteiger partial charge is 0.389 e. The molecule has 0 bridgehead atoms. The van der Waals surface area contributed by atoms with Crippen LogP contribution in [-0.2, 0) is 21.0 Å². The number of carbonyl (C=O) groups excluding carboxylic acids is 1. The number of aromatic nitrogens is 1. The lowest BCUT2D eigenvalue weighted by Gasteiger charge is -2.16. The Bertz CT molecular complexity index is 963. The minimum atomic E-state index is -0.131. The lowest BCUT2D eigenvalue weighted by atomic mass is 10.1. The number of nitrogens with two attached hydrogens (primary N) is 2. The van der Waals surface area contributed by atoms with Gasteiger partial charge in [0.05, 0.1) is 24.3 Å². The zero-order valence-electron chi connectivity index (χ0n) is 18.3. The van der Waals surface area contributed by atoms with E-state index in [9.17, 15) is 4.79 Å². The van der Waals surface area contributed by atoms with Crippen molar-refractivity contribution >= 4 is 23.3 Å². The van der Waals surface area contributed by atoms with Crippen LogP contribution in [0.15, 0.2) is 58.8 Å². The van der Waals surface area contributed by atoms with Crippen molar-refractivity contribution in [1.29, 1.82) is 0 Å². The summed E-state index contributed by atoms with van der Waals surface area (Å²) in [7, 11) is 1.61. The number of amidine groups is 1. The van der Waals surface area contributed by atoms with Crippen LogP contribution in [0.5, 0.6) is 0 Å². The van der Waals surface area contributed by atoms with Gasteiger partial charge in [0.2, 0.25) is 5.91 Å². The number of hydrazone groups is 1. The summed E-state index contributed by atoms with van der Waals surface area (Å²) >= 11 is 0. The highest BCUT2D eigenvalue weighted by molar-refractivity contribution is 6.47. The molecule has 1 amide bonds. The minimum Gasteiger partial charge on any atom is -0.389 e. The van der Waals surface area contributed by atoms with Crippen molar-refractivity contribution in [3.63, 3.8) is 0 Å². The van der Waals surface area contributed by atoms with Gasteiger partial charge in [0.25, 0.3) is 0 Å². The van der Waals surface area contributed by atoms with Crippen LogP contribution < -0.4 is 17.0 Å². The Hall–Kier alpha value is -3.50. The number of anilines is 1. The van der Waals surface area contributed by atoms with E-state index in [0.717, 1.165) is 18.4 Å². The third-order valence-corrected chi connectivity index (χ3v) is 4.89. The van der Waals surface area contributed by atoms with Crippen molar-refractivity contribution in [2.45, 2.75) is 45.0 Å². The lowest BCUT2D eigenvalue weighted by Crippen LogP contribution is -2.40. The summed E-state index contributed by atoms with van der Waals surface area (Å²) in [6.45, 7) is 2.10. The molecule has 2 atom stereocenters. The number of rotatable bonds is 8. The molecule has 0 aliphatic carbocycles. The number of hydrogen-bond acceptors (Lipinski definition) is 8. The molecule has 2 unspecified atom stereocenters.